The maximum atomic E-state index is 12.8. The largest absolute Gasteiger partial charge is 0.488 e. The van der Waals surface area contributed by atoms with E-state index >= 15 is 0 Å². The Balaban J connectivity index is 1.43. The molecule has 3 aliphatic heterocycles. The average Bonchev–Trinajstić information content (AvgIpc) is 3.24. The normalized spacial score (nSPS) is 26.9. The van der Waals surface area contributed by atoms with Gasteiger partial charge in [0.1, 0.15) is 12.4 Å². The number of nitrogens with zero attached hydrogens (tertiary/aromatic N) is 2. The van der Waals surface area contributed by atoms with Crippen molar-refractivity contribution in [3.8, 4) is 5.75 Å². The Labute approximate surface area is 142 Å². The molecule has 0 spiro atoms. The monoisotopic (exact) mass is 328 g/mol. The van der Waals surface area contributed by atoms with E-state index in [-0.39, 0.29) is 5.91 Å². The van der Waals surface area contributed by atoms with Crippen molar-refractivity contribution < 1.29 is 14.6 Å². The Morgan fingerprint density at radius 3 is 2.83 bits per heavy atom. The van der Waals surface area contributed by atoms with Crippen molar-refractivity contribution in [2.75, 3.05) is 39.3 Å². The zero-order chi connectivity index (χ0) is 16.6. The summed E-state index contributed by atoms with van der Waals surface area (Å²) in [6.07, 6.45) is 4.99. The number of ether oxygens (including phenoxy) is 1. The molecule has 2 fully saturated rings. The Morgan fingerprint density at radius 2 is 2.00 bits per heavy atom. The van der Waals surface area contributed by atoms with Gasteiger partial charge in [0.05, 0.1) is 17.7 Å². The van der Waals surface area contributed by atoms with Crippen LogP contribution in [0.25, 0.3) is 6.08 Å². The van der Waals surface area contributed by atoms with Gasteiger partial charge in [0.15, 0.2) is 0 Å². The molecule has 24 heavy (non-hydrogen) atoms. The van der Waals surface area contributed by atoms with E-state index in [0.717, 1.165) is 24.4 Å². The minimum atomic E-state index is -0.770. The summed E-state index contributed by atoms with van der Waals surface area (Å²) in [4.78, 5) is 16.9. The second-order valence-corrected chi connectivity index (χ2v) is 7.18. The van der Waals surface area contributed by atoms with Gasteiger partial charge < -0.3 is 19.6 Å². The summed E-state index contributed by atoms with van der Waals surface area (Å²) >= 11 is 0. The van der Waals surface area contributed by atoms with Crippen molar-refractivity contribution in [2.45, 2.75) is 24.9 Å². The molecule has 3 heterocycles. The first-order valence-corrected chi connectivity index (χ1v) is 8.79. The van der Waals surface area contributed by atoms with Crippen LogP contribution < -0.4 is 4.74 Å². The highest BCUT2D eigenvalue weighted by Gasteiger charge is 2.40. The SMILES string of the molecule is O=C(C1=Cc2ccccc2OC1)N1CCC(O)(CN2CCCC2)C1. The van der Waals surface area contributed by atoms with Crippen LogP contribution in [-0.2, 0) is 4.79 Å². The molecule has 128 valence electrons. The number of hydrogen-bond acceptors (Lipinski definition) is 4. The number of carbonyl (C=O) groups excluding carboxylic acids is 1. The lowest BCUT2D eigenvalue weighted by Gasteiger charge is -2.29. The highest BCUT2D eigenvalue weighted by molar-refractivity contribution is 5.99. The predicted molar refractivity (Wildman–Crippen MR) is 91.7 cm³/mol. The number of carbonyl (C=O) groups is 1. The highest BCUT2D eigenvalue weighted by atomic mass is 16.5. The lowest BCUT2D eigenvalue weighted by atomic mass is 10.0. The van der Waals surface area contributed by atoms with Crippen LogP contribution in [0.1, 0.15) is 24.8 Å². The maximum Gasteiger partial charge on any atom is 0.253 e. The van der Waals surface area contributed by atoms with Gasteiger partial charge in [-0.1, -0.05) is 18.2 Å². The topological polar surface area (TPSA) is 53.0 Å². The minimum absolute atomic E-state index is 0.0122. The summed E-state index contributed by atoms with van der Waals surface area (Å²) in [5, 5.41) is 10.8. The van der Waals surface area contributed by atoms with Crippen LogP contribution in [0.2, 0.25) is 0 Å². The molecule has 0 radical (unpaired) electrons. The molecule has 3 aliphatic rings. The van der Waals surface area contributed by atoms with Crippen molar-refractivity contribution in [1.29, 1.82) is 0 Å². The number of para-hydroxylation sites is 1. The quantitative estimate of drug-likeness (QED) is 0.914. The molecule has 1 atom stereocenters. The Kier molecular flexibility index (Phi) is 4.06. The third kappa shape index (κ3) is 3.06. The first-order valence-electron chi connectivity index (χ1n) is 8.79. The molecule has 0 saturated carbocycles. The predicted octanol–water partition coefficient (Wildman–Crippen LogP) is 1.52. The van der Waals surface area contributed by atoms with Crippen LogP contribution in [0.5, 0.6) is 5.75 Å². The van der Waals surface area contributed by atoms with E-state index in [1.54, 1.807) is 4.90 Å². The lowest BCUT2D eigenvalue weighted by molar-refractivity contribution is -0.127. The fourth-order valence-corrected chi connectivity index (χ4v) is 3.96. The molecule has 0 bridgehead atoms. The van der Waals surface area contributed by atoms with Gasteiger partial charge in [-0.15, -0.1) is 0 Å². The second kappa shape index (κ2) is 6.22. The summed E-state index contributed by atoms with van der Waals surface area (Å²) in [7, 11) is 0. The highest BCUT2D eigenvalue weighted by Crippen LogP contribution is 2.29. The molecule has 1 unspecified atom stereocenters. The molecule has 1 N–H and O–H groups in total. The summed E-state index contributed by atoms with van der Waals surface area (Å²) in [5.41, 5.74) is 0.839. The van der Waals surface area contributed by atoms with Crippen LogP contribution in [0.15, 0.2) is 29.8 Å². The molecule has 1 aromatic rings. The molecule has 0 aromatic heterocycles. The number of benzene rings is 1. The zero-order valence-electron chi connectivity index (χ0n) is 13.9. The minimum Gasteiger partial charge on any atom is -0.488 e. The lowest BCUT2D eigenvalue weighted by Crippen LogP contribution is -2.45. The number of fused-ring (bicyclic) bond motifs is 1. The molecule has 5 nitrogen and oxygen atoms in total. The Hall–Kier alpha value is -1.85. The van der Waals surface area contributed by atoms with E-state index in [0.29, 0.717) is 38.2 Å². The maximum absolute atomic E-state index is 12.8. The summed E-state index contributed by atoms with van der Waals surface area (Å²) in [6.45, 7) is 4.13. The third-order valence-corrected chi connectivity index (χ3v) is 5.24. The fraction of sp³-hybridized carbons (Fsp3) is 0.526. The van der Waals surface area contributed by atoms with Crippen molar-refractivity contribution >= 4 is 12.0 Å². The van der Waals surface area contributed by atoms with Gasteiger partial charge in [-0.2, -0.15) is 0 Å². The van der Waals surface area contributed by atoms with Crippen LogP contribution in [-0.4, -0.2) is 65.7 Å². The number of rotatable bonds is 3. The van der Waals surface area contributed by atoms with Gasteiger partial charge in [-0.05, 0) is 44.5 Å². The van der Waals surface area contributed by atoms with E-state index in [9.17, 15) is 9.90 Å². The molecule has 5 heteroatoms. The number of hydrogen-bond donors (Lipinski definition) is 1. The van der Waals surface area contributed by atoms with Gasteiger partial charge in [-0.3, -0.25) is 4.79 Å². The van der Waals surface area contributed by atoms with Crippen molar-refractivity contribution in [3.63, 3.8) is 0 Å². The third-order valence-electron chi connectivity index (χ3n) is 5.24. The first-order chi connectivity index (χ1) is 11.6. The summed E-state index contributed by atoms with van der Waals surface area (Å²) in [6, 6.07) is 7.74. The van der Waals surface area contributed by atoms with Crippen LogP contribution in [0, 0.1) is 0 Å². The van der Waals surface area contributed by atoms with Gasteiger partial charge in [-0.25, -0.2) is 0 Å². The van der Waals surface area contributed by atoms with Crippen molar-refractivity contribution in [3.05, 3.63) is 35.4 Å². The molecule has 0 aliphatic carbocycles. The van der Waals surface area contributed by atoms with Crippen LogP contribution >= 0.6 is 0 Å². The number of β-amino-alcohol motifs (C(OH)–C–C–N with tert-alkyl or cyclic N) is 1. The first kappa shape index (κ1) is 15.7. The van der Waals surface area contributed by atoms with E-state index in [1.165, 1.54) is 12.8 Å². The van der Waals surface area contributed by atoms with E-state index < -0.39 is 5.60 Å². The standard InChI is InChI=1S/C19H24N2O3/c22-18(16-11-15-5-1-2-6-17(15)24-12-16)21-10-7-19(23,14-21)13-20-8-3-4-9-20/h1-2,5-6,11,23H,3-4,7-10,12-14H2. The second-order valence-electron chi connectivity index (χ2n) is 7.18. The molecule has 2 saturated heterocycles. The number of amides is 1. The summed E-state index contributed by atoms with van der Waals surface area (Å²) < 4.78 is 5.69. The van der Waals surface area contributed by atoms with E-state index in [2.05, 4.69) is 4.90 Å². The molecule has 1 aromatic carbocycles. The molecule has 4 rings (SSSR count). The van der Waals surface area contributed by atoms with Crippen LogP contribution in [0.3, 0.4) is 0 Å². The van der Waals surface area contributed by atoms with Gasteiger partial charge >= 0.3 is 0 Å². The van der Waals surface area contributed by atoms with Gasteiger partial charge in [0.2, 0.25) is 0 Å². The Morgan fingerprint density at radius 1 is 1.21 bits per heavy atom. The summed E-state index contributed by atoms with van der Waals surface area (Å²) in [5.74, 6) is 0.808. The fourth-order valence-electron chi connectivity index (χ4n) is 3.96. The van der Waals surface area contributed by atoms with Gasteiger partial charge in [0, 0.05) is 18.7 Å². The number of likely N-dealkylation sites (tertiary alicyclic amines) is 2. The molecular weight excluding hydrogens is 304 g/mol. The average molecular weight is 328 g/mol. The smallest absolute Gasteiger partial charge is 0.253 e. The van der Waals surface area contributed by atoms with E-state index in [1.807, 2.05) is 30.3 Å². The zero-order valence-corrected chi connectivity index (χ0v) is 13.9. The van der Waals surface area contributed by atoms with E-state index in [4.69, 9.17) is 4.74 Å². The molecule has 1 amide bonds. The number of aliphatic hydroxyl groups is 1. The van der Waals surface area contributed by atoms with Crippen molar-refractivity contribution in [2.24, 2.45) is 0 Å². The van der Waals surface area contributed by atoms with Crippen LogP contribution in [0.4, 0.5) is 0 Å². The Bertz CT molecular complexity index is 666. The van der Waals surface area contributed by atoms with Gasteiger partial charge in [0.25, 0.3) is 5.91 Å². The molecular formula is C19H24N2O3. The van der Waals surface area contributed by atoms with Crippen molar-refractivity contribution in [1.82, 2.24) is 9.80 Å².